The first-order chi connectivity index (χ1) is 14.8. The molecule has 2 unspecified atom stereocenters. The van der Waals surface area contributed by atoms with Gasteiger partial charge in [-0.1, -0.05) is 37.6 Å². The normalized spacial score (nSPS) is 14.6. The molecule has 0 radical (unpaired) electrons. The summed E-state index contributed by atoms with van der Waals surface area (Å²) in [7, 11) is 1.84. The van der Waals surface area contributed by atoms with Gasteiger partial charge in [-0.05, 0) is 42.7 Å². The minimum Gasteiger partial charge on any atom is -0.486 e. The van der Waals surface area contributed by atoms with Crippen LogP contribution in [0.25, 0.3) is 0 Å². The Morgan fingerprint density at radius 1 is 0.968 bits per heavy atom. The summed E-state index contributed by atoms with van der Waals surface area (Å²) in [6.07, 6.45) is 0. The molecule has 0 saturated heterocycles. The lowest BCUT2D eigenvalue weighted by atomic mass is 9.95. The number of carbonyl (C=O) groups excluding carboxylic acids is 2. The van der Waals surface area contributed by atoms with Crippen LogP contribution in [0.3, 0.4) is 0 Å². The lowest BCUT2D eigenvalue weighted by Gasteiger charge is -2.26. The number of ether oxygens (including phenoxy) is 2. The summed E-state index contributed by atoms with van der Waals surface area (Å²) in [5.74, 6) is 1.40. The Morgan fingerprint density at radius 3 is 2.29 bits per heavy atom. The number of fused-ring (bicyclic) bond motifs is 1. The number of nitrogens with one attached hydrogen (secondary N) is 3. The van der Waals surface area contributed by atoms with Crippen LogP contribution in [-0.2, 0) is 9.59 Å². The molecule has 0 saturated carbocycles. The summed E-state index contributed by atoms with van der Waals surface area (Å²) in [4.78, 5) is 25.8. The van der Waals surface area contributed by atoms with Crippen molar-refractivity contribution in [3.63, 3.8) is 0 Å². The number of hydrogen-bond donors (Lipinski definition) is 3. The largest absolute Gasteiger partial charge is 0.486 e. The molecular weight excluding hydrogens is 394 g/mol. The fourth-order valence-electron chi connectivity index (χ4n) is 3.57. The summed E-state index contributed by atoms with van der Waals surface area (Å²) in [6.45, 7) is 7.60. The van der Waals surface area contributed by atoms with Gasteiger partial charge in [-0.25, -0.2) is 0 Å². The van der Waals surface area contributed by atoms with Crippen LogP contribution in [0.2, 0.25) is 0 Å². The van der Waals surface area contributed by atoms with Gasteiger partial charge in [0.15, 0.2) is 24.6 Å². The minimum absolute atomic E-state index is 0.103. The first kappa shape index (κ1) is 22.6. The Bertz CT molecular complexity index is 912. The minimum atomic E-state index is -0.155. The van der Waals surface area contributed by atoms with Crippen molar-refractivity contribution in [3.05, 3.63) is 53.6 Å². The van der Waals surface area contributed by atoms with Gasteiger partial charge in [0, 0.05) is 5.69 Å². The monoisotopic (exact) mass is 426 g/mol. The van der Waals surface area contributed by atoms with Crippen molar-refractivity contribution in [1.82, 2.24) is 5.32 Å². The van der Waals surface area contributed by atoms with E-state index in [1.807, 2.05) is 56.4 Å². The average Bonchev–Trinajstić information content (AvgIpc) is 2.73. The van der Waals surface area contributed by atoms with Crippen molar-refractivity contribution in [2.24, 2.45) is 5.92 Å². The third-order valence-electron chi connectivity index (χ3n) is 5.17. The van der Waals surface area contributed by atoms with Crippen molar-refractivity contribution < 1.29 is 24.0 Å². The Labute approximate surface area is 183 Å². The van der Waals surface area contributed by atoms with Crippen LogP contribution >= 0.6 is 0 Å². The molecule has 0 fully saturated rings. The van der Waals surface area contributed by atoms with Crippen molar-refractivity contribution in [1.29, 1.82) is 0 Å². The molecule has 7 heteroatoms. The third-order valence-corrected chi connectivity index (χ3v) is 5.17. The topological polar surface area (TPSA) is 81.1 Å². The van der Waals surface area contributed by atoms with Crippen molar-refractivity contribution in [2.45, 2.75) is 26.8 Å². The van der Waals surface area contributed by atoms with Crippen LogP contribution in [-0.4, -0.2) is 45.2 Å². The first-order valence-corrected chi connectivity index (χ1v) is 10.7. The van der Waals surface area contributed by atoms with E-state index in [0.717, 1.165) is 27.5 Å². The van der Waals surface area contributed by atoms with E-state index in [2.05, 4.69) is 24.5 Å². The predicted octanol–water partition coefficient (Wildman–Crippen LogP) is 1.73. The lowest BCUT2D eigenvalue weighted by Crippen LogP contribution is -3.11. The van der Waals surface area contributed by atoms with E-state index in [9.17, 15) is 9.59 Å². The number of quaternary nitrogens is 1. The Morgan fingerprint density at radius 2 is 1.61 bits per heavy atom. The van der Waals surface area contributed by atoms with Gasteiger partial charge in [-0.3, -0.25) is 9.59 Å². The fraction of sp³-hybridized carbons (Fsp3) is 0.417. The number of hydrogen-bond acceptors (Lipinski definition) is 4. The molecule has 0 aliphatic carbocycles. The van der Waals surface area contributed by atoms with Crippen LogP contribution in [0.1, 0.15) is 31.0 Å². The number of amides is 2. The average molecular weight is 427 g/mol. The molecule has 166 valence electrons. The highest BCUT2D eigenvalue weighted by Crippen LogP contribution is 2.34. The molecule has 3 N–H and O–H groups in total. The molecular formula is C24H32N3O4+. The van der Waals surface area contributed by atoms with Crippen molar-refractivity contribution in [3.8, 4) is 11.5 Å². The maximum atomic E-state index is 12.7. The summed E-state index contributed by atoms with van der Waals surface area (Å²) >= 11 is 0. The molecule has 2 amide bonds. The van der Waals surface area contributed by atoms with Crippen LogP contribution < -0.4 is 25.0 Å². The van der Waals surface area contributed by atoms with E-state index in [-0.39, 0.29) is 36.9 Å². The Balaban J connectivity index is 1.54. The molecule has 2 atom stereocenters. The summed E-state index contributed by atoms with van der Waals surface area (Å²) in [5.41, 5.74) is 2.86. The maximum absolute atomic E-state index is 12.7. The fourth-order valence-corrected chi connectivity index (χ4v) is 3.57. The van der Waals surface area contributed by atoms with Gasteiger partial charge in [-0.2, -0.15) is 0 Å². The number of rotatable bonds is 8. The van der Waals surface area contributed by atoms with Crippen LogP contribution in [0, 0.1) is 12.8 Å². The Hall–Kier alpha value is -3.06. The molecule has 0 spiro atoms. The van der Waals surface area contributed by atoms with E-state index in [4.69, 9.17) is 9.47 Å². The number of benzene rings is 2. The summed E-state index contributed by atoms with van der Waals surface area (Å²) in [6, 6.07) is 13.3. The molecule has 0 bridgehead atoms. The number of carbonyl (C=O) groups is 2. The van der Waals surface area contributed by atoms with Gasteiger partial charge in [0.05, 0.1) is 13.1 Å². The molecule has 31 heavy (non-hydrogen) atoms. The Kier molecular flexibility index (Phi) is 7.52. The quantitative estimate of drug-likeness (QED) is 0.601. The zero-order chi connectivity index (χ0) is 22.4. The molecule has 2 aromatic carbocycles. The molecule has 1 aliphatic heterocycles. The van der Waals surface area contributed by atoms with E-state index in [1.54, 1.807) is 0 Å². The molecule has 7 nitrogen and oxygen atoms in total. The van der Waals surface area contributed by atoms with E-state index in [1.165, 1.54) is 0 Å². The SMILES string of the molecule is Cc1ccc(NC(=O)C[NH+](C)CC(=O)NC(c2ccc3c(c2)OCCO3)C(C)C)cc1. The van der Waals surface area contributed by atoms with Gasteiger partial charge in [0.25, 0.3) is 11.8 Å². The lowest BCUT2D eigenvalue weighted by molar-refractivity contribution is -0.862. The highest BCUT2D eigenvalue weighted by atomic mass is 16.6. The number of likely N-dealkylation sites (N-methyl/N-ethyl adjacent to an activating group) is 1. The zero-order valence-corrected chi connectivity index (χ0v) is 18.7. The molecule has 2 aromatic rings. The van der Waals surface area contributed by atoms with Gasteiger partial charge in [0.2, 0.25) is 0 Å². The molecule has 1 heterocycles. The second kappa shape index (κ2) is 10.3. The smallest absolute Gasteiger partial charge is 0.279 e. The predicted molar refractivity (Wildman–Crippen MR) is 120 cm³/mol. The standard InChI is InChI=1S/C24H31N3O4/c1-16(2)24(18-7-10-20-21(13-18)31-12-11-30-20)26-23(29)15-27(4)14-22(28)25-19-8-5-17(3)6-9-19/h5-10,13,16,24H,11-12,14-15H2,1-4H3,(H,25,28)(H,26,29)/p+1. The number of aryl methyl sites for hydroxylation is 1. The van der Waals surface area contributed by atoms with Gasteiger partial charge in [-0.15, -0.1) is 0 Å². The summed E-state index contributed by atoms with van der Waals surface area (Å²) < 4.78 is 11.3. The first-order valence-electron chi connectivity index (χ1n) is 10.7. The van der Waals surface area contributed by atoms with Crippen LogP contribution in [0.4, 0.5) is 5.69 Å². The molecule has 3 rings (SSSR count). The number of anilines is 1. The van der Waals surface area contributed by atoms with Gasteiger partial charge < -0.3 is 25.0 Å². The second-order valence-corrected chi connectivity index (χ2v) is 8.42. The van der Waals surface area contributed by atoms with Crippen LogP contribution in [0.5, 0.6) is 11.5 Å². The highest BCUT2D eigenvalue weighted by Gasteiger charge is 2.23. The van der Waals surface area contributed by atoms with Gasteiger partial charge in [0.1, 0.15) is 13.2 Å². The van der Waals surface area contributed by atoms with Crippen molar-refractivity contribution >= 4 is 17.5 Å². The molecule has 1 aliphatic rings. The van der Waals surface area contributed by atoms with E-state index >= 15 is 0 Å². The second-order valence-electron chi connectivity index (χ2n) is 8.42. The van der Waals surface area contributed by atoms with Crippen LogP contribution in [0.15, 0.2) is 42.5 Å². The van der Waals surface area contributed by atoms with E-state index < -0.39 is 0 Å². The third kappa shape index (κ3) is 6.46. The molecule has 0 aromatic heterocycles. The summed E-state index contributed by atoms with van der Waals surface area (Å²) in [5, 5.41) is 5.98. The zero-order valence-electron chi connectivity index (χ0n) is 18.7. The maximum Gasteiger partial charge on any atom is 0.279 e. The van der Waals surface area contributed by atoms with E-state index in [0.29, 0.717) is 19.0 Å². The highest BCUT2D eigenvalue weighted by molar-refractivity contribution is 5.91. The van der Waals surface area contributed by atoms with Crippen molar-refractivity contribution in [2.75, 3.05) is 38.7 Å². The van der Waals surface area contributed by atoms with Gasteiger partial charge >= 0.3 is 0 Å².